The first-order valence-electron chi connectivity index (χ1n) is 8.31. The van der Waals surface area contributed by atoms with E-state index in [1.165, 1.54) is 5.01 Å². The Balaban J connectivity index is 1.49. The van der Waals surface area contributed by atoms with Gasteiger partial charge >= 0.3 is 0 Å². The van der Waals surface area contributed by atoms with Crippen molar-refractivity contribution < 1.29 is 14.4 Å². The average molecular weight is 418 g/mol. The quantitative estimate of drug-likeness (QED) is 0.773. The molecule has 1 fully saturated rings. The highest BCUT2D eigenvalue weighted by atomic mass is 35.5. The molecule has 0 bridgehead atoms. The van der Waals surface area contributed by atoms with E-state index in [0.717, 1.165) is 4.90 Å². The minimum absolute atomic E-state index is 0.247. The second kappa shape index (κ2) is 7.21. The molecule has 0 unspecified atom stereocenters. The molecule has 1 saturated heterocycles. The Labute approximate surface area is 169 Å². The third-order valence-corrected chi connectivity index (χ3v) is 4.98. The molecule has 2 aliphatic rings. The maximum absolute atomic E-state index is 12.8. The molecule has 28 heavy (non-hydrogen) atoms. The van der Waals surface area contributed by atoms with Crippen LogP contribution in [0.25, 0.3) is 0 Å². The van der Waals surface area contributed by atoms with E-state index in [-0.39, 0.29) is 6.54 Å². The summed E-state index contributed by atoms with van der Waals surface area (Å²) in [4.78, 5) is 38.9. The number of halogens is 2. The van der Waals surface area contributed by atoms with Crippen molar-refractivity contribution in [1.29, 1.82) is 0 Å². The van der Waals surface area contributed by atoms with Crippen LogP contribution in [0.3, 0.4) is 0 Å². The molecular formula is C18H13Cl2N5O3. The number of benzene rings is 2. The lowest BCUT2D eigenvalue weighted by Gasteiger charge is -2.20. The Bertz CT molecular complexity index is 995. The first kappa shape index (κ1) is 18.4. The normalized spacial score (nSPS) is 20.6. The lowest BCUT2D eigenvalue weighted by Crippen LogP contribution is -2.43. The van der Waals surface area contributed by atoms with Gasteiger partial charge in [-0.2, -0.15) is 5.11 Å². The summed E-state index contributed by atoms with van der Waals surface area (Å²) in [5, 5.41) is 12.5. The molecular weight excluding hydrogens is 405 g/mol. The van der Waals surface area contributed by atoms with Gasteiger partial charge in [0.1, 0.15) is 6.54 Å². The number of nitrogens with one attached hydrogen (secondary N) is 1. The van der Waals surface area contributed by atoms with Gasteiger partial charge in [0.2, 0.25) is 5.91 Å². The molecule has 10 heteroatoms. The van der Waals surface area contributed by atoms with Crippen molar-refractivity contribution in [2.75, 3.05) is 16.8 Å². The van der Waals surface area contributed by atoms with Crippen LogP contribution in [0.2, 0.25) is 10.0 Å². The molecule has 1 N–H and O–H groups in total. The van der Waals surface area contributed by atoms with Crippen LogP contribution in [0.15, 0.2) is 58.9 Å². The second-order valence-electron chi connectivity index (χ2n) is 6.21. The molecule has 2 aromatic rings. The number of anilines is 2. The van der Waals surface area contributed by atoms with Crippen LogP contribution in [0, 0.1) is 0 Å². The minimum Gasteiger partial charge on any atom is -0.323 e. The van der Waals surface area contributed by atoms with Crippen molar-refractivity contribution in [2.45, 2.75) is 12.1 Å². The summed E-state index contributed by atoms with van der Waals surface area (Å²) in [7, 11) is 0. The van der Waals surface area contributed by atoms with Gasteiger partial charge in [0, 0.05) is 5.02 Å². The highest BCUT2D eigenvalue weighted by Gasteiger charge is 2.55. The van der Waals surface area contributed by atoms with E-state index >= 15 is 0 Å². The lowest BCUT2D eigenvalue weighted by atomic mass is 10.1. The number of imide groups is 1. The first-order chi connectivity index (χ1) is 13.5. The Morgan fingerprint density at radius 1 is 1.04 bits per heavy atom. The summed E-state index contributed by atoms with van der Waals surface area (Å²) in [5.74, 6) is -1.42. The number of para-hydroxylation sites is 1. The number of amides is 3. The van der Waals surface area contributed by atoms with E-state index < -0.39 is 29.8 Å². The number of hydrogen-bond donors (Lipinski definition) is 1. The maximum atomic E-state index is 12.8. The number of hydrogen-bond acceptors (Lipinski definition) is 6. The second-order valence-corrected chi connectivity index (χ2v) is 7.05. The van der Waals surface area contributed by atoms with Crippen LogP contribution in [-0.2, 0) is 14.4 Å². The molecule has 2 aliphatic heterocycles. The summed E-state index contributed by atoms with van der Waals surface area (Å²) in [6, 6.07) is 11.2. The standard InChI is InChI=1S/C18H13Cl2N5O3/c19-10-5-7-11(8-6-10)25-17(27)15-16(18(25)28)24(23-22-15)9-14(26)21-13-4-2-1-3-12(13)20/h1-8,15-16H,9H2,(H,21,26)/t15-,16-/m1/s1. The van der Waals surface area contributed by atoms with E-state index in [1.807, 2.05) is 0 Å². The van der Waals surface area contributed by atoms with E-state index in [0.29, 0.717) is 21.4 Å². The van der Waals surface area contributed by atoms with E-state index in [1.54, 1.807) is 48.5 Å². The Morgan fingerprint density at radius 2 is 1.75 bits per heavy atom. The lowest BCUT2D eigenvalue weighted by molar-refractivity contribution is -0.123. The van der Waals surface area contributed by atoms with E-state index in [4.69, 9.17) is 23.2 Å². The Morgan fingerprint density at radius 3 is 2.46 bits per heavy atom. The van der Waals surface area contributed by atoms with E-state index in [9.17, 15) is 14.4 Å². The molecule has 0 aliphatic carbocycles. The molecule has 4 rings (SSSR count). The fraction of sp³-hybridized carbons (Fsp3) is 0.167. The fourth-order valence-corrected chi connectivity index (χ4v) is 3.41. The predicted octanol–water partition coefficient (Wildman–Crippen LogP) is 2.93. The SMILES string of the molecule is O=C(CN1N=N[C@H]2C(=O)N(c3ccc(Cl)cc3)C(=O)[C@@H]21)Nc1ccccc1Cl. The average Bonchev–Trinajstić information content (AvgIpc) is 3.18. The van der Waals surface area contributed by atoms with Gasteiger partial charge in [-0.05, 0) is 36.4 Å². The van der Waals surface area contributed by atoms with Crippen molar-refractivity contribution in [3.63, 3.8) is 0 Å². The van der Waals surface area contributed by atoms with Crippen LogP contribution < -0.4 is 10.2 Å². The number of fused-ring (bicyclic) bond motifs is 1. The molecule has 2 heterocycles. The van der Waals surface area contributed by atoms with Gasteiger partial charge in [-0.15, -0.1) is 0 Å². The van der Waals surface area contributed by atoms with Crippen molar-refractivity contribution >= 4 is 52.3 Å². The van der Waals surface area contributed by atoms with Crippen molar-refractivity contribution in [1.82, 2.24) is 5.01 Å². The number of rotatable bonds is 4. The largest absolute Gasteiger partial charge is 0.323 e. The summed E-state index contributed by atoms with van der Waals surface area (Å²) in [6.07, 6.45) is 0. The number of nitrogens with zero attached hydrogens (tertiary/aromatic N) is 4. The van der Waals surface area contributed by atoms with Gasteiger partial charge in [0.05, 0.1) is 16.4 Å². The maximum Gasteiger partial charge on any atom is 0.263 e. The van der Waals surface area contributed by atoms with Crippen LogP contribution in [0.4, 0.5) is 11.4 Å². The van der Waals surface area contributed by atoms with Gasteiger partial charge in [-0.25, -0.2) is 4.90 Å². The number of carbonyl (C=O) groups excluding carboxylic acids is 3. The van der Waals surface area contributed by atoms with Crippen molar-refractivity contribution in [3.8, 4) is 0 Å². The highest BCUT2D eigenvalue weighted by molar-refractivity contribution is 6.33. The van der Waals surface area contributed by atoms with Crippen LogP contribution in [0.1, 0.15) is 0 Å². The third kappa shape index (κ3) is 3.21. The molecule has 0 radical (unpaired) electrons. The molecule has 0 spiro atoms. The summed E-state index contributed by atoms with van der Waals surface area (Å²) in [5.41, 5.74) is 0.836. The van der Waals surface area contributed by atoms with Crippen molar-refractivity contribution in [2.24, 2.45) is 10.3 Å². The van der Waals surface area contributed by atoms with Crippen molar-refractivity contribution in [3.05, 3.63) is 58.6 Å². The predicted molar refractivity (Wildman–Crippen MR) is 103 cm³/mol. The fourth-order valence-electron chi connectivity index (χ4n) is 3.10. The topological polar surface area (TPSA) is 94.4 Å². The molecule has 0 aromatic heterocycles. The van der Waals surface area contributed by atoms with E-state index in [2.05, 4.69) is 15.7 Å². The molecule has 142 valence electrons. The number of carbonyl (C=O) groups is 3. The molecule has 2 aromatic carbocycles. The summed E-state index contributed by atoms with van der Waals surface area (Å²) in [6.45, 7) is -0.247. The van der Waals surface area contributed by atoms with Gasteiger partial charge < -0.3 is 5.32 Å². The third-order valence-electron chi connectivity index (χ3n) is 4.40. The first-order valence-corrected chi connectivity index (χ1v) is 9.06. The van der Waals surface area contributed by atoms with Gasteiger partial charge in [-0.1, -0.05) is 40.6 Å². The smallest absolute Gasteiger partial charge is 0.263 e. The van der Waals surface area contributed by atoms with Crippen LogP contribution in [-0.4, -0.2) is 41.4 Å². The van der Waals surface area contributed by atoms with Crippen LogP contribution in [0.5, 0.6) is 0 Å². The Kier molecular flexibility index (Phi) is 4.74. The highest BCUT2D eigenvalue weighted by Crippen LogP contribution is 2.32. The zero-order chi connectivity index (χ0) is 19.8. The zero-order valence-corrected chi connectivity index (χ0v) is 15.8. The molecule has 8 nitrogen and oxygen atoms in total. The monoisotopic (exact) mass is 417 g/mol. The minimum atomic E-state index is -0.976. The molecule has 3 amide bonds. The molecule has 0 saturated carbocycles. The van der Waals surface area contributed by atoms with Crippen LogP contribution >= 0.6 is 23.2 Å². The van der Waals surface area contributed by atoms with Gasteiger partial charge in [0.15, 0.2) is 12.1 Å². The molecule has 2 atom stereocenters. The summed E-state index contributed by atoms with van der Waals surface area (Å²) < 4.78 is 0. The zero-order valence-electron chi connectivity index (χ0n) is 14.3. The summed E-state index contributed by atoms with van der Waals surface area (Å²) >= 11 is 11.9. The van der Waals surface area contributed by atoms with Gasteiger partial charge in [0.25, 0.3) is 11.8 Å². The van der Waals surface area contributed by atoms with Gasteiger partial charge in [-0.3, -0.25) is 19.4 Å². The Hall–Kier alpha value is -2.97.